The fourth-order valence-corrected chi connectivity index (χ4v) is 8.65. The van der Waals surface area contributed by atoms with Crippen molar-refractivity contribution in [2.24, 2.45) is 25.0 Å². The highest BCUT2D eigenvalue weighted by molar-refractivity contribution is 5.62. The molecule has 0 aliphatic carbocycles. The lowest BCUT2D eigenvalue weighted by Gasteiger charge is -2.18. The predicted molar refractivity (Wildman–Crippen MR) is 434 cm³/mol. The third kappa shape index (κ3) is 47.4. The maximum absolute atomic E-state index is 10.6. The van der Waals surface area contributed by atoms with Crippen LogP contribution in [0, 0.1) is 0 Å². The minimum Gasteiger partial charge on any atom is -0.492 e. The zero-order valence-electron chi connectivity index (χ0n) is 68.5. The summed E-state index contributed by atoms with van der Waals surface area (Å²) in [6, 6.07) is 28.1. The van der Waals surface area contributed by atoms with E-state index in [4.69, 9.17) is 42.6 Å². The van der Waals surface area contributed by atoms with Crippen molar-refractivity contribution < 1.29 is 66.6 Å². The lowest BCUT2D eigenvalue weighted by atomic mass is 10.3. The van der Waals surface area contributed by atoms with Gasteiger partial charge in [-0.2, -0.15) is 25.0 Å². The Morgan fingerprint density at radius 3 is 0.954 bits per heavy atom. The second-order valence-electron chi connectivity index (χ2n) is 25.2. The summed E-state index contributed by atoms with van der Waals surface area (Å²) in [6.07, 6.45) is 8.87. The van der Waals surface area contributed by atoms with Gasteiger partial charge in [-0.15, -0.1) is 0 Å². The first-order valence-corrected chi connectivity index (χ1v) is 37.5. The molecule has 0 atom stereocenters. The van der Waals surface area contributed by atoms with Crippen LogP contribution in [0.4, 0.5) is 28.4 Å². The van der Waals surface area contributed by atoms with Gasteiger partial charge in [0.05, 0.1) is 17.1 Å². The van der Waals surface area contributed by atoms with Crippen LogP contribution >= 0.6 is 0 Å². The van der Waals surface area contributed by atoms with Gasteiger partial charge in [0.2, 0.25) is 30.4 Å². The minimum absolute atomic E-state index is 0.445. The number of rotatable bonds is 51. The van der Waals surface area contributed by atoms with E-state index in [1.165, 1.54) is 6.08 Å². The third-order valence-electron chi connectivity index (χ3n) is 16.9. The average molecular weight is 1520 g/mol. The SMILES string of the molecule is CCCN(C)CCOc1ccc(N=C=O)cc1.CCN(C)CCOc1cc(N=C=O)cc(OCCN(C)CC)c1.CCN(C)CCOc1ccc(N=C=O)c(OCCN(C)CC)c1.CCN(C)CCOc1ccc(N=C=O)cc1OCCN(C)CC.CCN(C)CCOc1ccc(OCCN(C)CC)c(N=C=O)c1. The molecule has 0 aliphatic heterocycles. The topological polar surface area (TPSA) is 259 Å². The van der Waals surface area contributed by atoms with Crippen LogP contribution in [0.15, 0.2) is 122 Å². The summed E-state index contributed by atoms with van der Waals surface area (Å²) in [5, 5.41) is 0. The van der Waals surface area contributed by atoms with Crippen molar-refractivity contribution >= 4 is 58.8 Å². The lowest BCUT2D eigenvalue weighted by molar-refractivity contribution is 0.214. The molecule has 604 valence electrons. The molecule has 5 aromatic carbocycles. The van der Waals surface area contributed by atoms with Gasteiger partial charge >= 0.3 is 0 Å². The van der Waals surface area contributed by atoms with Gasteiger partial charge in [-0.25, -0.2) is 24.0 Å². The van der Waals surface area contributed by atoms with E-state index in [1.807, 2.05) is 68.5 Å². The van der Waals surface area contributed by atoms with Crippen LogP contribution in [0.25, 0.3) is 0 Å². The van der Waals surface area contributed by atoms with Crippen molar-refractivity contribution in [3.05, 3.63) is 97.1 Å². The zero-order valence-corrected chi connectivity index (χ0v) is 68.5. The summed E-state index contributed by atoms with van der Waals surface area (Å²) in [6.45, 7) is 40.4. The number of hydrogen-bond acceptors (Lipinski definition) is 28. The van der Waals surface area contributed by atoms with Crippen molar-refractivity contribution in [2.75, 3.05) is 241 Å². The van der Waals surface area contributed by atoms with Gasteiger partial charge in [0.15, 0.2) is 11.5 Å². The summed E-state index contributed by atoms with van der Waals surface area (Å²) in [5.41, 5.74) is 2.50. The molecule has 0 saturated heterocycles. The highest BCUT2D eigenvalue weighted by Crippen LogP contribution is 2.34. The van der Waals surface area contributed by atoms with E-state index in [9.17, 15) is 24.0 Å². The molecule has 0 heterocycles. The molecule has 0 aromatic heterocycles. The number of aliphatic imine (C=N–C) groups is 5. The van der Waals surface area contributed by atoms with Crippen LogP contribution in [-0.4, -0.2) is 315 Å². The van der Waals surface area contributed by atoms with Gasteiger partial charge in [0, 0.05) is 95.3 Å². The molecule has 0 unspecified atom stereocenters. The van der Waals surface area contributed by atoms with Crippen molar-refractivity contribution in [3.8, 4) is 51.7 Å². The van der Waals surface area contributed by atoms with E-state index < -0.39 is 0 Å². The summed E-state index contributed by atoms with van der Waals surface area (Å²) in [5.74, 6) is 5.83. The number of likely N-dealkylation sites (N-methyl/N-ethyl adjacent to an activating group) is 9. The number of isocyanates is 5. The molecule has 28 heteroatoms. The molecule has 0 fully saturated rings. The van der Waals surface area contributed by atoms with Crippen molar-refractivity contribution in [1.82, 2.24) is 44.1 Å². The largest absolute Gasteiger partial charge is 0.492 e. The first-order chi connectivity index (χ1) is 52.6. The molecule has 0 saturated carbocycles. The molecule has 0 bridgehead atoms. The normalized spacial score (nSPS) is 10.6. The fourth-order valence-electron chi connectivity index (χ4n) is 8.65. The monoisotopic (exact) mass is 1520 g/mol. The Bertz CT molecular complexity index is 3440. The van der Waals surface area contributed by atoms with E-state index in [2.05, 4.69) is 138 Å². The Balaban J connectivity index is 0.000000684. The first kappa shape index (κ1) is 97.9. The maximum Gasteiger partial charge on any atom is 0.240 e. The van der Waals surface area contributed by atoms with Crippen LogP contribution in [0.3, 0.4) is 0 Å². The lowest BCUT2D eigenvalue weighted by Crippen LogP contribution is -2.24. The van der Waals surface area contributed by atoms with Crippen LogP contribution in [0.2, 0.25) is 0 Å². The Morgan fingerprint density at radius 1 is 0.239 bits per heavy atom. The summed E-state index contributed by atoms with van der Waals surface area (Å²) in [4.78, 5) is 89.8. The number of benzene rings is 5. The number of ether oxygens (including phenoxy) is 9. The van der Waals surface area contributed by atoms with Gasteiger partial charge < -0.3 is 86.7 Å². The highest BCUT2D eigenvalue weighted by Gasteiger charge is 2.13. The van der Waals surface area contributed by atoms with Crippen molar-refractivity contribution in [2.45, 2.75) is 68.7 Å². The molecule has 5 rings (SSSR count). The van der Waals surface area contributed by atoms with Crippen molar-refractivity contribution in [3.63, 3.8) is 0 Å². The van der Waals surface area contributed by atoms with E-state index in [0.717, 1.165) is 130 Å². The summed E-state index contributed by atoms with van der Waals surface area (Å²) < 4.78 is 51.5. The van der Waals surface area contributed by atoms with E-state index >= 15 is 0 Å². The van der Waals surface area contributed by atoms with Gasteiger partial charge in [0.25, 0.3) is 0 Å². The van der Waals surface area contributed by atoms with E-state index in [-0.39, 0.29) is 0 Å². The first-order valence-electron chi connectivity index (χ1n) is 37.5. The van der Waals surface area contributed by atoms with Crippen LogP contribution < -0.4 is 42.6 Å². The summed E-state index contributed by atoms with van der Waals surface area (Å²) in [7, 11) is 18.4. The molecule has 109 heavy (non-hydrogen) atoms. The van der Waals surface area contributed by atoms with Crippen LogP contribution in [-0.2, 0) is 24.0 Å². The molecule has 5 aromatic rings. The van der Waals surface area contributed by atoms with Gasteiger partial charge in [-0.3, -0.25) is 0 Å². The standard InChI is InChI=1S/4C17H27N3O3.C13H18N2O2/c1-5-19(3)7-9-22-16-11-15(18-14-21)12-17(13-16)23-10-8-20(4)6-2;1-5-19(3)9-11-22-15-7-8-17(16(13-15)18-14-21)23-12-10-20(4)6-2;1-5-19(3)9-11-22-15-7-8-16(18-14-21)17(13-15)23-12-10-20(4)6-2;1-5-19(3)9-11-22-16-8-7-15(18-14-21)13-17(16)23-12-10-20(4)6-2;1-3-8-15(2)9-10-17-13-6-4-12(5-7-13)14-11-16/h11-13H,5-10H2,1-4H3;3*7-8,13H,5-6,9-12H2,1-4H3;4-7H,3,8-10H2,1-2H3. The van der Waals surface area contributed by atoms with E-state index in [0.29, 0.717) is 134 Å². The molecule has 0 N–H and O–H groups in total. The molecular weight excluding hydrogens is 1390 g/mol. The van der Waals surface area contributed by atoms with Gasteiger partial charge in [-0.05, 0) is 189 Å². The zero-order chi connectivity index (χ0) is 80.8. The average Bonchev–Trinajstić information content (AvgIpc) is 0.906. The van der Waals surface area contributed by atoms with Gasteiger partial charge in [0.1, 0.15) is 111 Å². The number of hydrogen-bond donors (Lipinski definition) is 0. The molecule has 0 radical (unpaired) electrons. The highest BCUT2D eigenvalue weighted by atomic mass is 16.5. The Labute approximate surface area is 649 Å². The van der Waals surface area contributed by atoms with Crippen LogP contribution in [0.1, 0.15) is 68.7 Å². The Kier molecular flexibility index (Phi) is 56.3. The van der Waals surface area contributed by atoms with Gasteiger partial charge in [-0.1, -0.05) is 62.3 Å². The fraction of sp³-hybridized carbons (Fsp3) is 0.568. The molecule has 0 spiro atoms. The quantitative estimate of drug-likeness (QED) is 0.0259. The molecule has 0 amide bonds. The second kappa shape index (κ2) is 62.7. The van der Waals surface area contributed by atoms with Crippen LogP contribution in [0.5, 0.6) is 51.7 Å². The Hall–Kier alpha value is -9.16. The summed E-state index contributed by atoms with van der Waals surface area (Å²) >= 11 is 0. The third-order valence-corrected chi connectivity index (χ3v) is 16.9. The maximum atomic E-state index is 10.6. The predicted octanol–water partition coefficient (Wildman–Crippen LogP) is 11.6. The molecule has 0 aliphatic rings. The Morgan fingerprint density at radius 2 is 0.541 bits per heavy atom. The molecular formula is C81H126N14O14. The molecule has 28 nitrogen and oxygen atoms in total. The number of carbonyl (C=O) groups excluding carboxylic acids is 5. The van der Waals surface area contributed by atoms with E-state index in [1.54, 1.807) is 109 Å². The number of nitrogens with zero attached hydrogens (tertiary/aromatic N) is 14. The second-order valence-corrected chi connectivity index (χ2v) is 25.2. The van der Waals surface area contributed by atoms with Crippen molar-refractivity contribution in [1.29, 1.82) is 0 Å². The smallest absolute Gasteiger partial charge is 0.240 e. The minimum atomic E-state index is 0.445.